The molecule has 2 aromatic rings. The second kappa shape index (κ2) is 8.59. The molecule has 0 saturated heterocycles. The molecule has 0 unspecified atom stereocenters. The summed E-state index contributed by atoms with van der Waals surface area (Å²) in [6.07, 6.45) is 2.23. The predicted octanol–water partition coefficient (Wildman–Crippen LogP) is 2.33. The van der Waals surface area contributed by atoms with E-state index in [-0.39, 0.29) is 17.6 Å². The quantitative estimate of drug-likeness (QED) is 0.305. The van der Waals surface area contributed by atoms with Gasteiger partial charge in [-0.3, -0.25) is 4.79 Å². The Morgan fingerprint density at radius 2 is 1.93 bits per heavy atom. The zero-order valence-electron chi connectivity index (χ0n) is 16.3. The van der Waals surface area contributed by atoms with Gasteiger partial charge in [0, 0.05) is 23.2 Å². The van der Waals surface area contributed by atoms with E-state index in [1.54, 1.807) is 38.1 Å². The number of aryl methyl sites for hydroxylation is 1. The molecule has 0 fully saturated rings. The van der Waals surface area contributed by atoms with Crippen molar-refractivity contribution in [3.05, 3.63) is 52.5 Å². The maximum absolute atomic E-state index is 12.7. The third-order valence-electron chi connectivity index (χ3n) is 4.47. The first-order valence-electron chi connectivity index (χ1n) is 9.27. The third-order valence-corrected chi connectivity index (χ3v) is 4.47. The smallest absolute Gasteiger partial charge is 0.338 e. The molecule has 0 saturated carbocycles. The number of guanidine groups is 1. The number of hydrogen-bond donors (Lipinski definition) is 3. The number of ether oxygens (including phenoxy) is 1. The lowest BCUT2D eigenvalue weighted by Crippen LogP contribution is -2.22. The normalized spacial score (nSPS) is 14.2. The molecule has 0 aliphatic heterocycles. The van der Waals surface area contributed by atoms with Gasteiger partial charge in [0.1, 0.15) is 5.76 Å². The molecule has 29 heavy (non-hydrogen) atoms. The number of fused-ring (bicyclic) bond motifs is 1. The van der Waals surface area contributed by atoms with Crippen molar-refractivity contribution in [3.8, 4) is 0 Å². The van der Waals surface area contributed by atoms with Gasteiger partial charge in [-0.25, -0.2) is 4.79 Å². The Morgan fingerprint density at radius 3 is 2.59 bits per heavy atom. The number of amides is 1. The summed E-state index contributed by atoms with van der Waals surface area (Å²) >= 11 is 0. The molecule has 1 aliphatic carbocycles. The number of anilines is 1. The molecule has 1 aromatic carbocycles. The van der Waals surface area contributed by atoms with Crippen LogP contribution in [0.4, 0.5) is 5.69 Å². The molecule has 0 bridgehead atoms. The number of carbonyl (C=O) groups is 2. The first kappa shape index (κ1) is 20.1. The SMILES string of the molecule is CCOC(=O)c1ccc(NC(=O)c2oc3c(c2C)/C(=N/N=C(N)N)CCC3)cc1. The fraction of sp³-hybridized carbons (Fsp3) is 0.300. The topological polar surface area (TPSA) is 145 Å². The molecule has 0 spiro atoms. The summed E-state index contributed by atoms with van der Waals surface area (Å²) in [5, 5.41) is 10.6. The molecule has 1 heterocycles. The molecule has 1 aliphatic rings. The van der Waals surface area contributed by atoms with Crippen LogP contribution in [0.5, 0.6) is 0 Å². The van der Waals surface area contributed by atoms with E-state index in [0.717, 1.165) is 12.0 Å². The van der Waals surface area contributed by atoms with Crippen LogP contribution in [-0.2, 0) is 11.2 Å². The molecule has 5 N–H and O–H groups in total. The van der Waals surface area contributed by atoms with Crippen LogP contribution < -0.4 is 16.8 Å². The van der Waals surface area contributed by atoms with Gasteiger partial charge in [0.05, 0.1) is 17.9 Å². The number of rotatable bonds is 5. The van der Waals surface area contributed by atoms with E-state index in [2.05, 4.69) is 15.5 Å². The Hall–Kier alpha value is -3.62. The Bertz CT molecular complexity index is 985. The van der Waals surface area contributed by atoms with Gasteiger partial charge in [-0.05, 0) is 51.0 Å². The van der Waals surface area contributed by atoms with Gasteiger partial charge in [-0.1, -0.05) is 0 Å². The summed E-state index contributed by atoms with van der Waals surface area (Å²) in [4.78, 5) is 24.5. The van der Waals surface area contributed by atoms with Crippen molar-refractivity contribution in [2.45, 2.75) is 33.1 Å². The van der Waals surface area contributed by atoms with Crippen LogP contribution in [-0.4, -0.2) is 30.2 Å². The number of nitrogens with zero attached hydrogens (tertiary/aromatic N) is 2. The molecular weight excluding hydrogens is 374 g/mol. The van der Waals surface area contributed by atoms with Crippen LogP contribution in [0.15, 0.2) is 38.9 Å². The minimum atomic E-state index is -0.410. The first-order chi connectivity index (χ1) is 13.9. The molecule has 3 rings (SSSR count). The fourth-order valence-corrected chi connectivity index (χ4v) is 3.19. The first-order valence-corrected chi connectivity index (χ1v) is 9.27. The zero-order valence-corrected chi connectivity index (χ0v) is 16.3. The summed E-state index contributed by atoms with van der Waals surface area (Å²) in [6, 6.07) is 6.45. The van der Waals surface area contributed by atoms with Gasteiger partial charge < -0.3 is 25.9 Å². The predicted molar refractivity (Wildman–Crippen MR) is 109 cm³/mol. The maximum atomic E-state index is 12.7. The molecule has 0 radical (unpaired) electrons. The number of hydrogen-bond acceptors (Lipinski definition) is 6. The standard InChI is InChI=1S/C20H23N5O4/c1-3-28-19(27)12-7-9-13(10-8-12)23-18(26)17-11(2)16-14(24-25-20(21)22)5-4-6-15(16)29-17/h7-10H,3-6H2,1-2H3,(H,23,26)(H4,21,22,25)/b24-14+. The van der Waals surface area contributed by atoms with Crippen LogP contribution in [0.3, 0.4) is 0 Å². The Balaban J connectivity index is 1.81. The highest BCUT2D eigenvalue weighted by molar-refractivity contribution is 6.09. The van der Waals surface area contributed by atoms with E-state index in [1.165, 1.54) is 0 Å². The van der Waals surface area contributed by atoms with Gasteiger partial charge in [0.15, 0.2) is 5.76 Å². The van der Waals surface area contributed by atoms with Crippen molar-refractivity contribution in [2.24, 2.45) is 21.7 Å². The van der Waals surface area contributed by atoms with E-state index in [9.17, 15) is 9.59 Å². The molecular formula is C20H23N5O4. The van der Waals surface area contributed by atoms with Crippen LogP contribution >= 0.6 is 0 Å². The lowest BCUT2D eigenvalue weighted by molar-refractivity contribution is 0.0526. The number of benzene rings is 1. The van der Waals surface area contributed by atoms with Crippen molar-refractivity contribution in [2.75, 3.05) is 11.9 Å². The molecule has 1 amide bonds. The highest BCUT2D eigenvalue weighted by Gasteiger charge is 2.28. The van der Waals surface area contributed by atoms with Crippen LogP contribution in [0, 0.1) is 6.92 Å². The van der Waals surface area contributed by atoms with E-state index in [4.69, 9.17) is 20.6 Å². The fourth-order valence-electron chi connectivity index (χ4n) is 3.19. The van der Waals surface area contributed by atoms with E-state index >= 15 is 0 Å². The van der Waals surface area contributed by atoms with Gasteiger partial charge in [0.2, 0.25) is 5.96 Å². The van der Waals surface area contributed by atoms with Crippen molar-refractivity contribution >= 4 is 29.2 Å². The average molecular weight is 397 g/mol. The van der Waals surface area contributed by atoms with Crippen molar-refractivity contribution in [1.29, 1.82) is 0 Å². The third kappa shape index (κ3) is 4.45. The minimum Gasteiger partial charge on any atom is -0.462 e. The largest absolute Gasteiger partial charge is 0.462 e. The van der Waals surface area contributed by atoms with Crippen LogP contribution in [0.25, 0.3) is 0 Å². The molecule has 9 nitrogen and oxygen atoms in total. The Morgan fingerprint density at radius 1 is 1.21 bits per heavy atom. The Labute approximate surface area is 167 Å². The lowest BCUT2D eigenvalue weighted by Gasteiger charge is -2.11. The minimum absolute atomic E-state index is 0.130. The van der Waals surface area contributed by atoms with E-state index in [1.807, 2.05) is 0 Å². The van der Waals surface area contributed by atoms with E-state index < -0.39 is 5.97 Å². The summed E-state index contributed by atoms with van der Waals surface area (Å²) in [7, 11) is 0. The molecule has 1 aromatic heterocycles. The maximum Gasteiger partial charge on any atom is 0.338 e. The molecule has 0 atom stereocenters. The number of esters is 1. The van der Waals surface area contributed by atoms with Gasteiger partial charge in [-0.2, -0.15) is 5.10 Å². The summed E-state index contributed by atoms with van der Waals surface area (Å²) in [5.74, 6) is -0.0191. The summed E-state index contributed by atoms with van der Waals surface area (Å²) in [5.41, 5.74) is 13.8. The van der Waals surface area contributed by atoms with E-state index in [0.29, 0.717) is 47.7 Å². The monoisotopic (exact) mass is 397 g/mol. The van der Waals surface area contributed by atoms with Crippen molar-refractivity contribution < 1.29 is 18.7 Å². The number of furan rings is 1. The Kier molecular flexibility index (Phi) is 5.96. The lowest BCUT2D eigenvalue weighted by atomic mass is 9.93. The summed E-state index contributed by atoms with van der Waals surface area (Å²) in [6.45, 7) is 3.84. The number of nitrogens with two attached hydrogens (primary N) is 2. The van der Waals surface area contributed by atoms with Crippen LogP contribution in [0.1, 0.15) is 57.6 Å². The highest BCUT2D eigenvalue weighted by atomic mass is 16.5. The molecule has 9 heteroatoms. The number of nitrogens with one attached hydrogen (secondary N) is 1. The second-order valence-corrected chi connectivity index (χ2v) is 6.53. The van der Waals surface area contributed by atoms with Gasteiger partial charge in [0.25, 0.3) is 5.91 Å². The average Bonchev–Trinajstić information content (AvgIpc) is 3.04. The number of carbonyl (C=O) groups excluding carboxylic acids is 2. The molecule has 152 valence electrons. The van der Waals surface area contributed by atoms with Crippen molar-refractivity contribution in [1.82, 2.24) is 0 Å². The summed E-state index contributed by atoms with van der Waals surface area (Å²) < 4.78 is 10.8. The van der Waals surface area contributed by atoms with Crippen LogP contribution in [0.2, 0.25) is 0 Å². The zero-order chi connectivity index (χ0) is 21.0. The van der Waals surface area contributed by atoms with Gasteiger partial charge >= 0.3 is 5.97 Å². The van der Waals surface area contributed by atoms with Crippen molar-refractivity contribution in [3.63, 3.8) is 0 Å². The van der Waals surface area contributed by atoms with Gasteiger partial charge in [-0.15, -0.1) is 5.10 Å². The second-order valence-electron chi connectivity index (χ2n) is 6.53. The highest BCUT2D eigenvalue weighted by Crippen LogP contribution is 2.30.